The van der Waals surface area contributed by atoms with Gasteiger partial charge in [-0.3, -0.25) is 0 Å². The smallest absolute Gasteiger partial charge is 0.139 e. The molecule has 1 heterocycles. The standard InChI is InChI=1S/C23H28N2/c1-6-23(4,17(2)3)21-13-12-19(18-10-8-7-9-11-18)16-20(21)22-24-14-15-25(22)5/h7-17H,6H2,1-5H3. The first-order chi connectivity index (χ1) is 12.0. The molecule has 0 bridgehead atoms. The van der Waals surface area contributed by atoms with Crippen LogP contribution in [0.2, 0.25) is 0 Å². The van der Waals surface area contributed by atoms with Gasteiger partial charge in [0, 0.05) is 25.0 Å². The van der Waals surface area contributed by atoms with E-state index < -0.39 is 0 Å². The van der Waals surface area contributed by atoms with E-state index in [0.717, 1.165) is 12.2 Å². The van der Waals surface area contributed by atoms with Crippen molar-refractivity contribution in [2.75, 3.05) is 0 Å². The Hall–Kier alpha value is -2.35. The van der Waals surface area contributed by atoms with E-state index in [9.17, 15) is 0 Å². The fourth-order valence-electron chi connectivity index (χ4n) is 3.57. The topological polar surface area (TPSA) is 17.8 Å². The fourth-order valence-corrected chi connectivity index (χ4v) is 3.57. The van der Waals surface area contributed by atoms with Crippen LogP contribution in [0, 0.1) is 5.92 Å². The van der Waals surface area contributed by atoms with Crippen molar-refractivity contribution < 1.29 is 0 Å². The number of aryl methyl sites for hydroxylation is 1. The molecule has 130 valence electrons. The highest BCUT2D eigenvalue weighted by atomic mass is 15.0. The van der Waals surface area contributed by atoms with Crippen LogP contribution in [0.5, 0.6) is 0 Å². The van der Waals surface area contributed by atoms with E-state index in [1.165, 1.54) is 22.3 Å². The molecule has 25 heavy (non-hydrogen) atoms. The van der Waals surface area contributed by atoms with Gasteiger partial charge in [0.2, 0.25) is 0 Å². The van der Waals surface area contributed by atoms with E-state index >= 15 is 0 Å². The van der Waals surface area contributed by atoms with Gasteiger partial charge >= 0.3 is 0 Å². The minimum absolute atomic E-state index is 0.122. The average Bonchev–Trinajstić information content (AvgIpc) is 3.07. The van der Waals surface area contributed by atoms with Crippen molar-refractivity contribution in [1.29, 1.82) is 0 Å². The highest BCUT2D eigenvalue weighted by Gasteiger charge is 2.31. The summed E-state index contributed by atoms with van der Waals surface area (Å²) in [4.78, 5) is 4.65. The molecule has 2 aromatic carbocycles. The monoisotopic (exact) mass is 332 g/mol. The summed E-state index contributed by atoms with van der Waals surface area (Å²) in [5, 5.41) is 0. The third kappa shape index (κ3) is 3.13. The molecule has 1 aromatic heterocycles. The summed E-state index contributed by atoms with van der Waals surface area (Å²) in [5.41, 5.74) is 5.24. The van der Waals surface area contributed by atoms with Crippen molar-refractivity contribution in [3.8, 4) is 22.5 Å². The lowest BCUT2D eigenvalue weighted by Crippen LogP contribution is -2.28. The Bertz CT molecular complexity index is 846. The zero-order valence-corrected chi connectivity index (χ0v) is 16.0. The largest absolute Gasteiger partial charge is 0.334 e. The molecule has 0 aliphatic heterocycles. The van der Waals surface area contributed by atoms with Gasteiger partial charge in [0.1, 0.15) is 5.82 Å². The predicted octanol–water partition coefficient (Wildman–Crippen LogP) is 6.08. The molecular formula is C23H28N2. The molecule has 3 rings (SSSR count). The van der Waals surface area contributed by atoms with Gasteiger partial charge in [0.25, 0.3) is 0 Å². The van der Waals surface area contributed by atoms with Crippen LogP contribution in [0.1, 0.15) is 39.7 Å². The van der Waals surface area contributed by atoms with Crippen molar-refractivity contribution in [2.24, 2.45) is 13.0 Å². The van der Waals surface area contributed by atoms with E-state index in [1.807, 2.05) is 12.4 Å². The lowest BCUT2D eigenvalue weighted by atomic mass is 9.69. The summed E-state index contributed by atoms with van der Waals surface area (Å²) in [6.07, 6.45) is 5.01. The molecule has 0 aliphatic carbocycles. The maximum Gasteiger partial charge on any atom is 0.139 e. The second-order valence-electron chi connectivity index (χ2n) is 7.41. The molecule has 0 fully saturated rings. The zero-order valence-electron chi connectivity index (χ0n) is 16.0. The first-order valence-electron chi connectivity index (χ1n) is 9.15. The molecule has 0 saturated heterocycles. The number of hydrogen-bond acceptors (Lipinski definition) is 1. The van der Waals surface area contributed by atoms with Crippen LogP contribution >= 0.6 is 0 Å². The van der Waals surface area contributed by atoms with Gasteiger partial charge < -0.3 is 4.57 Å². The maximum absolute atomic E-state index is 4.65. The fraction of sp³-hybridized carbons (Fsp3) is 0.348. The van der Waals surface area contributed by atoms with E-state index in [0.29, 0.717) is 5.92 Å². The summed E-state index contributed by atoms with van der Waals surface area (Å²) in [5.74, 6) is 1.59. The third-order valence-corrected chi connectivity index (χ3v) is 5.81. The van der Waals surface area contributed by atoms with Gasteiger partial charge in [-0.1, -0.05) is 70.2 Å². The summed E-state index contributed by atoms with van der Waals surface area (Å²) >= 11 is 0. The number of hydrogen-bond donors (Lipinski definition) is 0. The highest BCUT2D eigenvalue weighted by Crippen LogP contribution is 2.41. The lowest BCUT2D eigenvalue weighted by molar-refractivity contribution is 0.327. The van der Waals surface area contributed by atoms with E-state index in [4.69, 9.17) is 0 Å². The van der Waals surface area contributed by atoms with Crippen molar-refractivity contribution >= 4 is 0 Å². The van der Waals surface area contributed by atoms with Crippen LogP contribution in [-0.2, 0) is 12.5 Å². The minimum atomic E-state index is 0.122. The molecular weight excluding hydrogens is 304 g/mol. The molecule has 0 aliphatic rings. The number of benzene rings is 2. The normalized spacial score (nSPS) is 13.8. The number of nitrogens with zero attached hydrogens (tertiary/aromatic N) is 2. The Morgan fingerprint density at radius 3 is 2.32 bits per heavy atom. The van der Waals surface area contributed by atoms with E-state index in [2.05, 4.69) is 92.8 Å². The Labute approximate surface area is 151 Å². The summed E-state index contributed by atoms with van der Waals surface area (Å²) in [6.45, 7) is 9.29. The quantitative estimate of drug-likeness (QED) is 0.554. The first-order valence-corrected chi connectivity index (χ1v) is 9.15. The molecule has 2 heteroatoms. The Morgan fingerprint density at radius 2 is 1.76 bits per heavy atom. The first kappa shape index (κ1) is 17.5. The van der Waals surface area contributed by atoms with Gasteiger partial charge in [-0.25, -0.2) is 4.98 Å². The molecule has 0 spiro atoms. The summed E-state index contributed by atoms with van der Waals surface area (Å²) < 4.78 is 2.12. The van der Waals surface area contributed by atoms with Gasteiger partial charge in [-0.15, -0.1) is 0 Å². The lowest BCUT2D eigenvalue weighted by Gasteiger charge is -2.35. The summed E-state index contributed by atoms with van der Waals surface area (Å²) in [6, 6.07) is 17.5. The second-order valence-corrected chi connectivity index (χ2v) is 7.41. The molecule has 0 amide bonds. The number of aromatic nitrogens is 2. The average molecular weight is 332 g/mol. The Balaban J connectivity index is 2.24. The zero-order chi connectivity index (χ0) is 18.0. The van der Waals surface area contributed by atoms with Crippen molar-refractivity contribution in [3.63, 3.8) is 0 Å². The van der Waals surface area contributed by atoms with Crippen LogP contribution in [0.15, 0.2) is 60.9 Å². The SMILES string of the molecule is CCC(C)(c1ccc(-c2ccccc2)cc1-c1nccn1C)C(C)C. The van der Waals surface area contributed by atoms with Crippen molar-refractivity contribution in [1.82, 2.24) is 9.55 Å². The van der Waals surface area contributed by atoms with Crippen LogP contribution in [0.3, 0.4) is 0 Å². The second kappa shape index (κ2) is 6.87. The van der Waals surface area contributed by atoms with E-state index in [-0.39, 0.29) is 5.41 Å². The van der Waals surface area contributed by atoms with E-state index in [1.54, 1.807) is 0 Å². The van der Waals surface area contributed by atoms with Crippen molar-refractivity contribution in [3.05, 3.63) is 66.5 Å². The van der Waals surface area contributed by atoms with Crippen LogP contribution in [-0.4, -0.2) is 9.55 Å². The number of imidazole rings is 1. The van der Waals surface area contributed by atoms with Crippen molar-refractivity contribution in [2.45, 2.75) is 39.5 Å². The van der Waals surface area contributed by atoms with Crippen LogP contribution in [0.25, 0.3) is 22.5 Å². The molecule has 0 saturated carbocycles. The van der Waals surface area contributed by atoms with Gasteiger partial charge in [-0.2, -0.15) is 0 Å². The molecule has 0 radical (unpaired) electrons. The maximum atomic E-state index is 4.65. The van der Waals surface area contributed by atoms with Crippen LogP contribution < -0.4 is 0 Å². The summed E-state index contributed by atoms with van der Waals surface area (Å²) in [7, 11) is 2.07. The molecule has 1 atom stereocenters. The molecule has 1 unspecified atom stereocenters. The van der Waals surface area contributed by atoms with Crippen LogP contribution in [0.4, 0.5) is 0 Å². The molecule has 3 aromatic rings. The Kier molecular flexibility index (Phi) is 4.80. The minimum Gasteiger partial charge on any atom is -0.334 e. The molecule has 0 N–H and O–H groups in total. The molecule has 2 nitrogen and oxygen atoms in total. The Morgan fingerprint density at radius 1 is 1.04 bits per heavy atom. The van der Waals surface area contributed by atoms with Gasteiger partial charge in [-0.05, 0) is 40.5 Å². The number of rotatable bonds is 5. The third-order valence-electron chi connectivity index (χ3n) is 5.81. The highest BCUT2D eigenvalue weighted by molar-refractivity contribution is 5.73. The van der Waals surface area contributed by atoms with Gasteiger partial charge in [0.05, 0.1) is 0 Å². The predicted molar refractivity (Wildman–Crippen MR) is 107 cm³/mol. The van der Waals surface area contributed by atoms with Gasteiger partial charge in [0.15, 0.2) is 0 Å².